The number of nitrogens with one attached hydrogen (secondary N) is 1. The van der Waals surface area contributed by atoms with Crippen molar-refractivity contribution in [1.29, 1.82) is 0 Å². The van der Waals surface area contributed by atoms with Crippen molar-refractivity contribution >= 4 is 5.91 Å². The smallest absolute Gasteiger partial charge is 0.220 e. The van der Waals surface area contributed by atoms with Crippen molar-refractivity contribution in [2.75, 3.05) is 6.61 Å². The number of aliphatic hydroxyl groups is 2. The van der Waals surface area contributed by atoms with Gasteiger partial charge in [0.15, 0.2) is 0 Å². The molecule has 0 rings (SSSR count). The summed E-state index contributed by atoms with van der Waals surface area (Å²) in [5.41, 5.74) is 0. The first-order valence-corrected chi connectivity index (χ1v) is 20.2. The van der Waals surface area contributed by atoms with Crippen LogP contribution in [0.2, 0.25) is 0 Å². The highest BCUT2D eigenvalue weighted by molar-refractivity contribution is 5.76. The van der Waals surface area contributed by atoms with E-state index in [-0.39, 0.29) is 12.5 Å². The predicted octanol–water partition coefficient (Wildman–Crippen LogP) is 12.2. The zero-order chi connectivity index (χ0) is 33.6. The molecule has 0 aromatic heterocycles. The van der Waals surface area contributed by atoms with E-state index in [1.54, 1.807) is 6.08 Å². The van der Waals surface area contributed by atoms with E-state index in [4.69, 9.17) is 0 Å². The van der Waals surface area contributed by atoms with E-state index in [2.05, 4.69) is 43.5 Å². The maximum atomic E-state index is 12.3. The molecule has 0 aliphatic rings. The highest BCUT2D eigenvalue weighted by Crippen LogP contribution is 2.13. The second-order valence-corrected chi connectivity index (χ2v) is 13.7. The third-order valence-electron chi connectivity index (χ3n) is 9.10. The van der Waals surface area contributed by atoms with Crippen molar-refractivity contribution in [3.05, 3.63) is 36.5 Å². The second-order valence-electron chi connectivity index (χ2n) is 13.7. The van der Waals surface area contributed by atoms with E-state index < -0.39 is 12.1 Å². The minimum Gasteiger partial charge on any atom is -0.394 e. The Kier molecular flexibility index (Phi) is 36.9. The van der Waals surface area contributed by atoms with Gasteiger partial charge in [-0.25, -0.2) is 0 Å². The van der Waals surface area contributed by atoms with Gasteiger partial charge in [0.2, 0.25) is 5.91 Å². The standard InChI is InChI=1S/C42H79NO3/c1-3-5-7-9-11-13-15-17-19-21-22-23-25-27-29-31-33-35-37-41(45)40(39-44)43-42(46)38-36-34-32-30-28-26-24-20-18-16-14-12-10-8-6-4-2/h20,24,27,29,35,37,40-41,44-45H,3-19,21-23,25-26,28,30-34,36,38-39H2,1-2H3,(H,43,46)/b24-20-,29-27+,37-35+. The maximum Gasteiger partial charge on any atom is 0.220 e. The molecule has 0 aromatic carbocycles. The van der Waals surface area contributed by atoms with Crippen LogP contribution >= 0.6 is 0 Å². The Balaban J connectivity index is 3.66. The number of carbonyl (C=O) groups excluding carboxylic acids is 1. The number of hydrogen-bond acceptors (Lipinski definition) is 3. The molecule has 1 amide bonds. The van der Waals surface area contributed by atoms with Crippen molar-refractivity contribution < 1.29 is 15.0 Å². The molecule has 0 aromatic rings. The first-order valence-electron chi connectivity index (χ1n) is 20.2. The highest BCUT2D eigenvalue weighted by atomic mass is 16.3. The van der Waals surface area contributed by atoms with Crippen molar-refractivity contribution in [3.63, 3.8) is 0 Å². The topological polar surface area (TPSA) is 69.6 Å². The van der Waals surface area contributed by atoms with Gasteiger partial charge in [-0.1, -0.05) is 179 Å². The maximum absolute atomic E-state index is 12.3. The van der Waals surface area contributed by atoms with Gasteiger partial charge in [0, 0.05) is 6.42 Å². The van der Waals surface area contributed by atoms with Gasteiger partial charge >= 0.3 is 0 Å². The lowest BCUT2D eigenvalue weighted by molar-refractivity contribution is -0.123. The third kappa shape index (κ3) is 34.0. The molecule has 3 N–H and O–H groups in total. The molecule has 2 atom stereocenters. The highest BCUT2D eigenvalue weighted by Gasteiger charge is 2.17. The molecule has 0 saturated heterocycles. The Morgan fingerprint density at radius 1 is 0.500 bits per heavy atom. The molecular formula is C42H79NO3. The Morgan fingerprint density at radius 3 is 1.26 bits per heavy atom. The van der Waals surface area contributed by atoms with Gasteiger partial charge in [-0.3, -0.25) is 4.79 Å². The number of aliphatic hydroxyl groups excluding tert-OH is 2. The fraction of sp³-hybridized carbons (Fsp3) is 0.833. The van der Waals surface area contributed by atoms with Gasteiger partial charge in [0.05, 0.1) is 18.8 Å². The Morgan fingerprint density at radius 2 is 0.848 bits per heavy atom. The summed E-state index contributed by atoms with van der Waals surface area (Å²) in [5, 5.41) is 22.9. The molecule has 270 valence electrons. The van der Waals surface area contributed by atoms with E-state index in [0.29, 0.717) is 6.42 Å². The van der Waals surface area contributed by atoms with Crippen LogP contribution in [0.4, 0.5) is 0 Å². The minimum atomic E-state index is -0.863. The Labute approximate surface area is 287 Å². The van der Waals surface area contributed by atoms with Gasteiger partial charge in [-0.2, -0.15) is 0 Å². The SMILES string of the molecule is CCCCCCCCC/C=C\CCCCCCCC(=O)NC(CO)C(O)/C=C/CC/C=C/CCCCCCCCCCCCCC. The van der Waals surface area contributed by atoms with Crippen molar-refractivity contribution in [2.45, 2.75) is 219 Å². The van der Waals surface area contributed by atoms with Gasteiger partial charge in [-0.15, -0.1) is 0 Å². The van der Waals surface area contributed by atoms with Crippen LogP contribution in [-0.4, -0.2) is 34.9 Å². The number of unbranched alkanes of at least 4 members (excludes halogenated alkanes) is 25. The van der Waals surface area contributed by atoms with E-state index in [9.17, 15) is 15.0 Å². The summed E-state index contributed by atoms with van der Waals surface area (Å²) in [5.74, 6) is -0.0828. The Hall–Kier alpha value is -1.39. The van der Waals surface area contributed by atoms with Crippen LogP contribution < -0.4 is 5.32 Å². The van der Waals surface area contributed by atoms with Gasteiger partial charge in [-0.05, 0) is 57.8 Å². The number of allylic oxidation sites excluding steroid dienone is 5. The first-order chi connectivity index (χ1) is 22.7. The molecule has 46 heavy (non-hydrogen) atoms. The molecule has 0 radical (unpaired) electrons. The van der Waals surface area contributed by atoms with Gasteiger partial charge in [0.1, 0.15) is 0 Å². The summed E-state index contributed by atoms with van der Waals surface area (Å²) < 4.78 is 0. The van der Waals surface area contributed by atoms with E-state index in [1.165, 1.54) is 141 Å². The average molecular weight is 646 g/mol. The summed E-state index contributed by atoms with van der Waals surface area (Å²) in [6.07, 6.45) is 49.5. The molecule has 0 heterocycles. The fourth-order valence-electron chi connectivity index (χ4n) is 5.95. The molecule has 0 fully saturated rings. The monoisotopic (exact) mass is 646 g/mol. The summed E-state index contributed by atoms with van der Waals surface area (Å²) in [6, 6.07) is -0.641. The van der Waals surface area contributed by atoms with Crippen molar-refractivity contribution in [1.82, 2.24) is 5.32 Å². The molecule has 0 bridgehead atoms. The number of amides is 1. The minimum absolute atomic E-state index is 0.0828. The first kappa shape index (κ1) is 44.6. The van der Waals surface area contributed by atoms with Crippen LogP contribution in [0.5, 0.6) is 0 Å². The van der Waals surface area contributed by atoms with E-state index >= 15 is 0 Å². The van der Waals surface area contributed by atoms with Crippen LogP contribution in [0.1, 0.15) is 206 Å². The van der Waals surface area contributed by atoms with Gasteiger partial charge < -0.3 is 15.5 Å². The quantitative estimate of drug-likeness (QED) is 0.0469. The van der Waals surface area contributed by atoms with Crippen LogP contribution in [0.3, 0.4) is 0 Å². The molecule has 0 aliphatic carbocycles. The zero-order valence-electron chi connectivity index (χ0n) is 30.8. The van der Waals surface area contributed by atoms with Crippen LogP contribution in [-0.2, 0) is 4.79 Å². The summed E-state index contributed by atoms with van der Waals surface area (Å²) in [6.45, 7) is 4.29. The fourth-order valence-corrected chi connectivity index (χ4v) is 5.95. The van der Waals surface area contributed by atoms with Crippen LogP contribution in [0, 0.1) is 0 Å². The Bertz CT molecular complexity index is 701. The lowest BCUT2D eigenvalue weighted by Gasteiger charge is -2.19. The second kappa shape index (κ2) is 38.1. The van der Waals surface area contributed by atoms with Crippen LogP contribution in [0.15, 0.2) is 36.5 Å². The normalized spacial score (nSPS) is 13.4. The van der Waals surface area contributed by atoms with Crippen molar-refractivity contribution in [3.8, 4) is 0 Å². The molecule has 0 aliphatic heterocycles. The van der Waals surface area contributed by atoms with Crippen LogP contribution in [0.25, 0.3) is 0 Å². The number of carbonyl (C=O) groups is 1. The lowest BCUT2D eigenvalue weighted by atomic mass is 10.0. The van der Waals surface area contributed by atoms with E-state index in [0.717, 1.165) is 44.9 Å². The summed E-state index contributed by atoms with van der Waals surface area (Å²) in [7, 11) is 0. The van der Waals surface area contributed by atoms with Gasteiger partial charge in [0.25, 0.3) is 0 Å². The average Bonchev–Trinajstić information content (AvgIpc) is 3.06. The molecule has 4 heteroatoms. The lowest BCUT2D eigenvalue weighted by Crippen LogP contribution is -2.45. The molecule has 0 spiro atoms. The summed E-state index contributed by atoms with van der Waals surface area (Å²) in [4.78, 5) is 12.3. The van der Waals surface area contributed by atoms with Crippen molar-refractivity contribution in [2.24, 2.45) is 0 Å². The largest absolute Gasteiger partial charge is 0.394 e. The molecular weight excluding hydrogens is 566 g/mol. The zero-order valence-corrected chi connectivity index (χ0v) is 30.8. The van der Waals surface area contributed by atoms with E-state index in [1.807, 2.05) is 6.08 Å². The molecule has 4 nitrogen and oxygen atoms in total. The summed E-state index contributed by atoms with van der Waals surface area (Å²) >= 11 is 0. The molecule has 0 saturated carbocycles. The number of rotatable bonds is 36. The number of hydrogen-bond donors (Lipinski definition) is 3. The predicted molar refractivity (Wildman–Crippen MR) is 202 cm³/mol. The third-order valence-corrected chi connectivity index (χ3v) is 9.10. The molecule has 2 unspecified atom stereocenters.